The number of rotatable bonds is 2. The maximum atomic E-state index is 12.3. The highest BCUT2D eigenvalue weighted by molar-refractivity contribution is 14.1. The van der Waals surface area contributed by atoms with Gasteiger partial charge in [0.25, 0.3) is 0 Å². The molecule has 88 valence electrons. The third-order valence-electron chi connectivity index (χ3n) is 2.66. The van der Waals surface area contributed by atoms with Crippen LogP contribution >= 0.6 is 45.5 Å². The monoisotopic (exact) mass is 376 g/mol. The molecule has 0 amide bonds. The van der Waals surface area contributed by atoms with E-state index in [4.69, 9.17) is 11.6 Å². The lowest BCUT2D eigenvalue weighted by Crippen LogP contribution is -2.02. The summed E-state index contributed by atoms with van der Waals surface area (Å²) in [6.07, 6.45) is 0. The lowest BCUT2D eigenvalue weighted by Gasteiger charge is -2.06. The van der Waals surface area contributed by atoms with E-state index in [9.17, 15) is 4.79 Å². The molecule has 1 nitrogen and oxygen atoms in total. The maximum Gasteiger partial charge on any atom is 0.195 e. The van der Waals surface area contributed by atoms with Crippen molar-refractivity contribution in [3.05, 3.63) is 53.7 Å². The zero-order valence-corrected chi connectivity index (χ0v) is 13.1. The molecule has 2 aromatic rings. The minimum absolute atomic E-state index is 0.00253. The molecular weight excluding hydrogens is 367 g/mol. The fourth-order valence-electron chi connectivity index (χ4n) is 1.54. The van der Waals surface area contributed by atoms with Gasteiger partial charge in [0.2, 0.25) is 0 Å². The molecular formula is C13H10ClIOS. The van der Waals surface area contributed by atoms with E-state index in [2.05, 4.69) is 22.6 Å². The second kappa shape index (κ2) is 5.08. The van der Waals surface area contributed by atoms with Crippen molar-refractivity contribution in [1.82, 2.24) is 0 Å². The van der Waals surface area contributed by atoms with Crippen molar-refractivity contribution < 1.29 is 4.79 Å². The number of carbonyl (C=O) groups is 1. The number of hydrogen-bond donors (Lipinski definition) is 0. The quantitative estimate of drug-likeness (QED) is 0.541. The van der Waals surface area contributed by atoms with Crippen LogP contribution in [0.3, 0.4) is 0 Å². The van der Waals surface area contributed by atoms with Crippen LogP contribution in [0.4, 0.5) is 0 Å². The molecule has 0 aliphatic carbocycles. The highest BCUT2D eigenvalue weighted by atomic mass is 127. The minimum atomic E-state index is -0.00253. The van der Waals surface area contributed by atoms with Gasteiger partial charge in [-0.3, -0.25) is 4.79 Å². The molecule has 0 radical (unpaired) electrons. The van der Waals surface area contributed by atoms with Crippen LogP contribution in [0, 0.1) is 16.7 Å². The summed E-state index contributed by atoms with van der Waals surface area (Å²) in [5.41, 5.74) is 3.49. The van der Waals surface area contributed by atoms with Crippen molar-refractivity contribution in [2.75, 3.05) is 0 Å². The Labute approximate surface area is 123 Å². The standard InChI is InChI=1S/C13H10ClIOS/c1-7-3-10(11(14)4-8(7)2)13(16)9-5-12(15)17-6-9/h3-6H,1-2H3. The van der Waals surface area contributed by atoms with Crippen molar-refractivity contribution in [3.8, 4) is 0 Å². The van der Waals surface area contributed by atoms with Gasteiger partial charge in [-0.15, -0.1) is 11.3 Å². The molecule has 0 atom stereocenters. The Hall–Kier alpha value is -0.390. The fraction of sp³-hybridized carbons (Fsp3) is 0.154. The predicted molar refractivity (Wildman–Crippen MR) is 81.4 cm³/mol. The van der Waals surface area contributed by atoms with Crippen molar-refractivity contribution in [3.63, 3.8) is 0 Å². The van der Waals surface area contributed by atoms with Crippen molar-refractivity contribution in [2.24, 2.45) is 0 Å². The van der Waals surface area contributed by atoms with Crippen LogP contribution in [-0.2, 0) is 0 Å². The summed E-state index contributed by atoms with van der Waals surface area (Å²) in [6.45, 7) is 3.98. The molecule has 17 heavy (non-hydrogen) atoms. The van der Waals surface area contributed by atoms with Gasteiger partial charge in [-0.1, -0.05) is 11.6 Å². The van der Waals surface area contributed by atoms with Gasteiger partial charge < -0.3 is 0 Å². The Bertz CT molecular complexity index is 589. The van der Waals surface area contributed by atoms with Gasteiger partial charge >= 0.3 is 0 Å². The maximum absolute atomic E-state index is 12.3. The summed E-state index contributed by atoms with van der Waals surface area (Å²) in [4.78, 5) is 12.3. The van der Waals surface area contributed by atoms with E-state index in [-0.39, 0.29) is 5.78 Å². The van der Waals surface area contributed by atoms with Crippen LogP contribution in [0.5, 0.6) is 0 Å². The van der Waals surface area contributed by atoms with Gasteiger partial charge in [0.15, 0.2) is 5.78 Å². The first-order valence-corrected chi connectivity index (χ1v) is 7.38. The molecule has 1 heterocycles. The number of halogens is 2. The van der Waals surface area contributed by atoms with E-state index in [0.29, 0.717) is 16.1 Å². The van der Waals surface area contributed by atoms with Crippen molar-refractivity contribution >= 4 is 51.3 Å². The van der Waals surface area contributed by atoms with Crippen LogP contribution < -0.4 is 0 Å². The number of thiophene rings is 1. The number of benzene rings is 1. The minimum Gasteiger partial charge on any atom is -0.289 e. The number of ketones is 1. The first-order valence-electron chi connectivity index (χ1n) is 5.04. The van der Waals surface area contributed by atoms with E-state index >= 15 is 0 Å². The Balaban J connectivity index is 2.47. The average Bonchev–Trinajstić information content (AvgIpc) is 2.69. The smallest absolute Gasteiger partial charge is 0.195 e. The van der Waals surface area contributed by atoms with Gasteiger partial charge in [0.05, 0.1) is 7.91 Å². The summed E-state index contributed by atoms with van der Waals surface area (Å²) in [5.74, 6) is -0.00253. The highest BCUT2D eigenvalue weighted by Crippen LogP contribution is 2.25. The predicted octanol–water partition coefficient (Wildman–Crippen LogP) is 4.85. The lowest BCUT2D eigenvalue weighted by molar-refractivity contribution is 0.103. The lowest BCUT2D eigenvalue weighted by atomic mass is 10.0. The molecule has 0 aliphatic heterocycles. The molecule has 0 aliphatic rings. The van der Waals surface area contributed by atoms with Crippen molar-refractivity contribution in [2.45, 2.75) is 13.8 Å². The van der Waals surface area contributed by atoms with E-state index in [0.717, 1.165) is 14.0 Å². The zero-order chi connectivity index (χ0) is 12.6. The summed E-state index contributed by atoms with van der Waals surface area (Å²) in [5, 5.41) is 2.40. The molecule has 0 N–H and O–H groups in total. The van der Waals surface area contributed by atoms with Crippen molar-refractivity contribution in [1.29, 1.82) is 0 Å². The van der Waals surface area contributed by atoms with Gasteiger partial charge in [-0.25, -0.2) is 0 Å². The molecule has 0 unspecified atom stereocenters. The van der Waals surface area contributed by atoms with Crippen LogP contribution in [-0.4, -0.2) is 5.78 Å². The van der Waals surface area contributed by atoms with Gasteiger partial charge in [0.1, 0.15) is 0 Å². The van der Waals surface area contributed by atoms with E-state index in [1.807, 2.05) is 37.4 Å². The fourth-order valence-corrected chi connectivity index (χ4v) is 3.17. The molecule has 0 saturated carbocycles. The number of aryl methyl sites for hydroxylation is 2. The van der Waals surface area contributed by atoms with Gasteiger partial charge in [0, 0.05) is 16.5 Å². The molecule has 0 spiro atoms. The molecule has 4 heteroatoms. The molecule has 1 aromatic heterocycles. The van der Waals surface area contributed by atoms with Crippen LogP contribution in [0.1, 0.15) is 27.0 Å². The Kier molecular flexibility index (Phi) is 3.90. The summed E-state index contributed by atoms with van der Waals surface area (Å²) >= 11 is 9.90. The van der Waals surface area contributed by atoms with Gasteiger partial charge in [-0.2, -0.15) is 0 Å². The number of hydrogen-bond acceptors (Lipinski definition) is 2. The topological polar surface area (TPSA) is 17.1 Å². The van der Waals surface area contributed by atoms with Gasteiger partial charge in [-0.05, 0) is 65.8 Å². The average molecular weight is 377 g/mol. The summed E-state index contributed by atoms with van der Waals surface area (Å²) < 4.78 is 1.10. The molecule has 1 aromatic carbocycles. The normalized spacial score (nSPS) is 10.6. The molecule has 0 bridgehead atoms. The SMILES string of the molecule is Cc1cc(Cl)c(C(=O)c2csc(I)c2)cc1C. The molecule has 0 saturated heterocycles. The van der Waals surface area contributed by atoms with Crippen LogP contribution in [0.25, 0.3) is 0 Å². The third-order valence-corrected chi connectivity index (χ3v) is 4.76. The molecule has 0 fully saturated rings. The Morgan fingerprint density at radius 1 is 1.24 bits per heavy atom. The second-order valence-corrected chi connectivity index (χ2v) is 7.10. The van der Waals surface area contributed by atoms with Crippen LogP contribution in [0.15, 0.2) is 23.6 Å². The van der Waals surface area contributed by atoms with E-state index < -0.39 is 0 Å². The highest BCUT2D eigenvalue weighted by Gasteiger charge is 2.15. The van der Waals surface area contributed by atoms with E-state index in [1.54, 1.807) is 11.3 Å². The first kappa shape index (κ1) is 13.1. The first-order chi connectivity index (χ1) is 7.99. The Morgan fingerprint density at radius 3 is 2.47 bits per heavy atom. The summed E-state index contributed by atoms with van der Waals surface area (Å²) in [6, 6.07) is 5.60. The third kappa shape index (κ3) is 2.72. The molecule has 2 rings (SSSR count). The second-order valence-electron chi connectivity index (χ2n) is 3.88. The number of carbonyl (C=O) groups excluding carboxylic acids is 1. The Morgan fingerprint density at radius 2 is 1.88 bits per heavy atom. The summed E-state index contributed by atoms with van der Waals surface area (Å²) in [7, 11) is 0. The zero-order valence-electron chi connectivity index (χ0n) is 9.38. The van der Waals surface area contributed by atoms with Crippen LogP contribution in [0.2, 0.25) is 5.02 Å². The van der Waals surface area contributed by atoms with E-state index in [1.165, 1.54) is 0 Å². The largest absolute Gasteiger partial charge is 0.289 e.